The molecule has 1 unspecified atom stereocenters. The second-order valence-corrected chi connectivity index (χ2v) is 5.93. The standard InChI is InChI=1S/C20H19NO5/c1-13-6-2-4-8-17(13)25-12-15(22)11-21-19(23)16-10-14-7-3-5-9-18(14)26-20(16)24/h2-10,15,22H,11-12H2,1H3,(H,21,23). The molecule has 1 aromatic heterocycles. The smallest absolute Gasteiger partial charge is 0.349 e. The number of amides is 1. The summed E-state index contributed by atoms with van der Waals surface area (Å²) in [5.41, 5.74) is 0.556. The Hall–Kier alpha value is -3.12. The molecule has 0 saturated heterocycles. The summed E-state index contributed by atoms with van der Waals surface area (Å²) in [5.74, 6) is 0.0764. The van der Waals surface area contributed by atoms with Crippen LogP contribution in [0.5, 0.6) is 5.75 Å². The summed E-state index contributed by atoms with van der Waals surface area (Å²) in [6, 6.07) is 15.9. The molecular weight excluding hydrogens is 334 g/mol. The molecule has 1 heterocycles. The summed E-state index contributed by atoms with van der Waals surface area (Å²) in [6.07, 6.45) is -0.911. The number of fused-ring (bicyclic) bond motifs is 1. The highest BCUT2D eigenvalue weighted by molar-refractivity contribution is 5.96. The van der Waals surface area contributed by atoms with Crippen molar-refractivity contribution in [1.82, 2.24) is 5.32 Å². The summed E-state index contributed by atoms with van der Waals surface area (Å²) < 4.78 is 10.7. The minimum absolute atomic E-state index is 0.0253. The largest absolute Gasteiger partial charge is 0.491 e. The van der Waals surface area contributed by atoms with Crippen LogP contribution >= 0.6 is 0 Å². The highest BCUT2D eigenvalue weighted by Crippen LogP contribution is 2.16. The van der Waals surface area contributed by atoms with Gasteiger partial charge in [-0.1, -0.05) is 36.4 Å². The molecule has 2 N–H and O–H groups in total. The Morgan fingerprint density at radius 3 is 2.73 bits per heavy atom. The van der Waals surface area contributed by atoms with Crippen molar-refractivity contribution in [2.45, 2.75) is 13.0 Å². The molecule has 0 saturated carbocycles. The van der Waals surface area contributed by atoms with Crippen LogP contribution in [0.15, 0.2) is 63.8 Å². The van der Waals surface area contributed by atoms with Crippen molar-refractivity contribution in [3.8, 4) is 5.75 Å². The first-order valence-corrected chi connectivity index (χ1v) is 8.22. The maximum absolute atomic E-state index is 12.2. The Labute approximate surface area is 150 Å². The maximum atomic E-state index is 12.2. The van der Waals surface area contributed by atoms with Crippen molar-refractivity contribution in [3.63, 3.8) is 0 Å². The lowest BCUT2D eigenvalue weighted by atomic mass is 10.2. The van der Waals surface area contributed by atoms with E-state index < -0.39 is 17.6 Å². The first-order chi connectivity index (χ1) is 12.5. The second kappa shape index (κ2) is 7.84. The van der Waals surface area contributed by atoms with Crippen LogP contribution in [-0.2, 0) is 0 Å². The third kappa shape index (κ3) is 4.10. The monoisotopic (exact) mass is 353 g/mol. The predicted molar refractivity (Wildman–Crippen MR) is 97.5 cm³/mol. The van der Waals surface area contributed by atoms with Crippen molar-refractivity contribution in [2.75, 3.05) is 13.2 Å². The Bertz CT molecular complexity index is 979. The molecule has 0 radical (unpaired) electrons. The van der Waals surface area contributed by atoms with E-state index in [1.165, 1.54) is 6.07 Å². The zero-order chi connectivity index (χ0) is 18.5. The number of hydrogen-bond donors (Lipinski definition) is 2. The summed E-state index contributed by atoms with van der Waals surface area (Å²) in [7, 11) is 0. The Morgan fingerprint density at radius 2 is 1.92 bits per heavy atom. The quantitative estimate of drug-likeness (QED) is 0.664. The summed E-state index contributed by atoms with van der Waals surface area (Å²) >= 11 is 0. The molecule has 26 heavy (non-hydrogen) atoms. The van der Waals surface area contributed by atoms with Crippen LogP contribution < -0.4 is 15.7 Å². The first-order valence-electron chi connectivity index (χ1n) is 8.22. The average Bonchev–Trinajstić information content (AvgIpc) is 2.65. The Morgan fingerprint density at radius 1 is 1.19 bits per heavy atom. The minimum Gasteiger partial charge on any atom is -0.491 e. The normalized spacial score (nSPS) is 11.9. The summed E-state index contributed by atoms with van der Waals surface area (Å²) in [5, 5.41) is 13.2. The van der Waals surface area contributed by atoms with Crippen LogP contribution in [0.25, 0.3) is 11.0 Å². The maximum Gasteiger partial charge on any atom is 0.349 e. The molecule has 1 amide bonds. The fourth-order valence-corrected chi connectivity index (χ4v) is 2.49. The molecule has 0 spiro atoms. The van der Waals surface area contributed by atoms with E-state index in [9.17, 15) is 14.7 Å². The van der Waals surface area contributed by atoms with Gasteiger partial charge in [-0.15, -0.1) is 0 Å². The van der Waals surface area contributed by atoms with E-state index >= 15 is 0 Å². The van der Waals surface area contributed by atoms with Gasteiger partial charge in [-0.05, 0) is 30.7 Å². The highest BCUT2D eigenvalue weighted by atomic mass is 16.5. The minimum atomic E-state index is -0.911. The topological polar surface area (TPSA) is 88.8 Å². The fraction of sp³-hybridized carbons (Fsp3) is 0.200. The zero-order valence-corrected chi connectivity index (χ0v) is 14.3. The van der Waals surface area contributed by atoms with E-state index in [4.69, 9.17) is 9.15 Å². The van der Waals surface area contributed by atoms with Crippen molar-refractivity contribution >= 4 is 16.9 Å². The molecule has 1 atom stereocenters. The van der Waals surface area contributed by atoms with Gasteiger partial charge in [0, 0.05) is 11.9 Å². The molecule has 0 fully saturated rings. The van der Waals surface area contributed by atoms with E-state index in [-0.39, 0.29) is 18.7 Å². The van der Waals surface area contributed by atoms with E-state index in [1.54, 1.807) is 30.3 Å². The molecule has 6 heteroatoms. The lowest BCUT2D eigenvalue weighted by Crippen LogP contribution is -2.37. The molecule has 0 aliphatic carbocycles. The van der Waals surface area contributed by atoms with Gasteiger partial charge in [0.25, 0.3) is 5.91 Å². The van der Waals surface area contributed by atoms with E-state index in [0.29, 0.717) is 16.7 Å². The molecular formula is C20H19NO5. The third-order valence-corrected chi connectivity index (χ3v) is 3.91. The van der Waals surface area contributed by atoms with E-state index in [0.717, 1.165) is 5.56 Å². The van der Waals surface area contributed by atoms with Gasteiger partial charge in [0.2, 0.25) is 0 Å². The van der Waals surface area contributed by atoms with Crippen LogP contribution in [0, 0.1) is 6.92 Å². The molecule has 0 bridgehead atoms. The Balaban J connectivity index is 1.59. The third-order valence-electron chi connectivity index (χ3n) is 3.91. The number of ether oxygens (including phenoxy) is 1. The molecule has 6 nitrogen and oxygen atoms in total. The number of rotatable bonds is 6. The van der Waals surface area contributed by atoms with Crippen molar-refractivity contribution in [1.29, 1.82) is 0 Å². The van der Waals surface area contributed by atoms with Gasteiger partial charge in [0.15, 0.2) is 0 Å². The predicted octanol–water partition coefficient (Wildman–Crippen LogP) is 2.27. The number of carbonyl (C=O) groups excluding carboxylic acids is 1. The summed E-state index contributed by atoms with van der Waals surface area (Å²) in [4.78, 5) is 24.2. The van der Waals surface area contributed by atoms with Crippen LogP contribution in [0.4, 0.5) is 0 Å². The number of nitrogens with one attached hydrogen (secondary N) is 1. The van der Waals surface area contributed by atoms with Gasteiger partial charge < -0.3 is 19.6 Å². The molecule has 0 aliphatic rings. The number of benzene rings is 2. The average molecular weight is 353 g/mol. The number of para-hydroxylation sites is 2. The van der Waals surface area contributed by atoms with Crippen LogP contribution in [-0.4, -0.2) is 30.3 Å². The van der Waals surface area contributed by atoms with Gasteiger partial charge in [0.1, 0.15) is 29.6 Å². The van der Waals surface area contributed by atoms with Crippen molar-refractivity contribution < 1.29 is 19.1 Å². The lowest BCUT2D eigenvalue weighted by Gasteiger charge is -2.14. The van der Waals surface area contributed by atoms with Gasteiger partial charge in [-0.3, -0.25) is 4.79 Å². The van der Waals surface area contributed by atoms with Crippen molar-refractivity contribution in [2.24, 2.45) is 0 Å². The van der Waals surface area contributed by atoms with Crippen LogP contribution in [0.1, 0.15) is 15.9 Å². The van der Waals surface area contributed by atoms with Crippen molar-refractivity contribution in [3.05, 3.63) is 76.1 Å². The van der Waals surface area contributed by atoms with E-state index in [1.807, 2.05) is 25.1 Å². The van der Waals surface area contributed by atoms with Gasteiger partial charge in [-0.2, -0.15) is 0 Å². The first kappa shape index (κ1) is 17.7. The molecule has 3 aromatic rings. The SMILES string of the molecule is Cc1ccccc1OCC(O)CNC(=O)c1cc2ccccc2oc1=O. The number of aliphatic hydroxyl groups is 1. The number of aliphatic hydroxyl groups excluding tert-OH is 1. The zero-order valence-electron chi connectivity index (χ0n) is 14.3. The number of carbonyl (C=O) groups is 1. The van der Waals surface area contributed by atoms with Crippen LogP contribution in [0.3, 0.4) is 0 Å². The van der Waals surface area contributed by atoms with E-state index in [2.05, 4.69) is 5.32 Å². The Kier molecular flexibility index (Phi) is 5.34. The molecule has 2 aromatic carbocycles. The lowest BCUT2D eigenvalue weighted by molar-refractivity contribution is 0.0840. The highest BCUT2D eigenvalue weighted by Gasteiger charge is 2.15. The number of hydrogen-bond acceptors (Lipinski definition) is 5. The van der Waals surface area contributed by atoms with Gasteiger partial charge >= 0.3 is 5.63 Å². The fourth-order valence-electron chi connectivity index (χ4n) is 2.49. The molecule has 3 rings (SSSR count). The van der Waals surface area contributed by atoms with Crippen LogP contribution in [0.2, 0.25) is 0 Å². The van der Waals surface area contributed by atoms with Gasteiger partial charge in [0.05, 0.1) is 0 Å². The molecule has 0 aliphatic heterocycles. The molecule has 134 valence electrons. The van der Waals surface area contributed by atoms with Gasteiger partial charge in [-0.25, -0.2) is 4.79 Å². The number of aryl methyl sites for hydroxylation is 1. The summed E-state index contributed by atoms with van der Waals surface area (Å²) in [6.45, 7) is 1.89. The second-order valence-electron chi connectivity index (χ2n) is 5.93.